The van der Waals surface area contributed by atoms with Crippen LogP contribution in [0.15, 0.2) is 0 Å². The van der Waals surface area contributed by atoms with Gasteiger partial charge in [-0.1, -0.05) is 13.3 Å². The number of carbonyl (C=O) groups is 1. The maximum atomic E-state index is 11.1. The van der Waals surface area contributed by atoms with Crippen LogP contribution in [0.1, 0.15) is 39.0 Å². The molecule has 0 spiro atoms. The second kappa shape index (κ2) is 5.01. The van der Waals surface area contributed by atoms with E-state index in [0.29, 0.717) is 5.92 Å². The fourth-order valence-corrected chi connectivity index (χ4v) is 2.09. The average molecular weight is 210 g/mol. The van der Waals surface area contributed by atoms with Crippen LogP contribution in [-0.4, -0.2) is 18.7 Å². The molecule has 0 aliphatic heterocycles. The second-order valence-corrected chi connectivity index (χ2v) is 4.16. The second-order valence-electron chi connectivity index (χ2n) is 4.16. The van der Waals surface area contributed by atoms with Crippen molar-refractivity contribution in [3.63, 3.8) is 0 Å². The van der Waals surface area contributed by atoms with E-state index in [4.69, 9.17) is 5.26 Å². The normalized spacial score (nSPS) is 30.3. The zero-order chi connectivity index (χ0) is 11.3. The molecule has 1 fully saturated rings. The van der Waals surface area contributed by atoms with Crippen molar-refractivity contribution in [1.29, 1.82) is 5.26 Å². The quantitative estimate of drug-likeness (QED) is 0.760. The third-order valence-corrected chi connectivity index (χ3v) is 3.28. The van der Waals surface area contributed by atoms with Crippen molar-refractivity contribution in [2.24, 2.45) is 5.92 Å². The van der Waals surface area contributed by atoms with E-state index in [1.807, 2.05) is 0 Å². The van der Waals surface area contributed by atoms with Gasteiger partial charge in [0.25, 0.3) is 0 Å². The Balaban J connectivity index is 2.57. The molecule has 4 nitrogen and oxygen atoms in total. The van der Waals surface area contributed by atoms with Gasteiger partial charge in [-0.25, -0.2) is 4.79 Å². The Kier molecular flexibility index (Phi) is 3.96. The summed E-state index contributed by atoms with van der Waals surface area (Å²) in [5.41, 5.74) is -0.696. The first-order valence-corrected chi connectivity index (χ1v) is 5.43. The molecule has 0 atom stereocenters. The van der Waals surface area contributed by atoms with E-state index >= 15 is 0 Å². The lowest BCUT2D eigenvalue weighted by molar-refractivity contribution is 0.149. The van der Waals surface area contributed by atoms with Gasteiger partial charge in [0, 0.05) is 0 Å². The van der Waals surface area contributed by atoms with Crippen LogP contribution in [0.4, 0.5) is 4.79 Å². The highest BCUT2D eigenvalue weighted by Gasteiger charge is 2.36. The molecule has 84 valence electrons. The molecule has 0 aromatic rings. The molecule has 1 N–H and O–H groups in total. The number of nitrogens with zero attached hydrogens (tertiary/aromatic N) is 1. The first-order chi connectivity index (χ1) is 7.15. The van der Waals surface area contributed by atoms with E-state index in [-0.39, 0.29) is 0 Å². The van der Waals surface area contributed by atoms with E-state index in [2.05, 4.69) is 23.0 Å². The monoisotopic (exact) mass is 210 g/mol. The smallest absolute Gasteiger partial charge is 0.408 e. The number of amides is 1. The number of methoxy groups -OCH3 is 1. The van der Waals surface area contributed by atoms with Crippen molar-refractivity contribution in [2.75, 3.05) is 7.11 Å². The first-order valence-electron chi connectivity index (χ1n) is 5.43. The molecule has 0 heterocycles. The summed E-state index contributed by atoms with van der Waals surface area (Å²) in [6.07, 6.45) is 4.13. The number of hydrogen-bond acceptors (Lipinski definition) is 3. The highest BCUT2D eigenvalue weighted by atomic mass is 16.5. The van der Waals surface area contributed by atoms with E-state index < -0.39 is 11.6 Å². The van der Waals surface area contributed by atoms with Crippen LogP contribution < -0.4 is 5.32 Å². The maximum absolute atomic E-state index is 11.1. The average Bonchev–Trinajstić information content (AvgIpc) is 2.30. The zero-order valence-corrected chi connectivity index (χ0v) is 9.38. The fraction of sp³-hybridized carbons (Fsp3) is 0.818. The Morgan fingerprint density at radius 1 is 1.60 bits per heavy atom. The van der Waals surface area contributed by atoms with Crippen LogP contribution in [0.25, 0.3) is 0 Å². The van der Waals surface area contributed by atoms with Crippen molar-refractivity contribution >= 4 is 6.09 Å². The largest absolute Gasteiger partial charge is 0.453 e. The minimum atomic E-state index is -0.696. The van der Waals surface area contributed by atoms with Crippen LogP contribution in [0, 0.1) is 17.2 Å². The fourth-order valence-electron chi connectivity index (χ4n) is 2.09. The van der Waals surface area contributed by atoms with Crippen molar-refractivity contribution in [2.45, 2.75) is 44.6 Å². The predicted octanol–water partition coefficient (Wildman–Crippen LogP) is 2.20. The van der Waals surface area contributed by atoms with Gasteiger partial charge in [0.2, 0.25) is 0 Å². The number of rotatable bonds is 2. The highest BCUT2D eigenvalue weighted by Crippen LogP contribution is 2.33. The SMILES string of the molecule is CCC1CCC(C#N)(NC(=O)OC)CC1. The van der Waals surface area contributed by atoms with Gasteiger partial charge in [0.1, 0.15) is 5.54 Å². The van der Waals surface area contributed by atoms with Crippen molar-refractivity contribution in [3.05, 3.63) is 0 Å². The number of ether oxygens (including phenoxy) is 1. The molecule has 1 rings (SSSR count). The van der Waals surface area contributed by atoms with Gasteiger partial charge < -0.3 is 10.1 Å². The van der Waals surface area contributed by atoms with Gasteiger partial charge in [-0.15, -0.1) is 0 Å². The highest BCUT2D eigenvalue weighted by molar-refractivity contribution is 5.68. The van der Waals surface area contributed by atoms with Crippen LogP contribution in [0.5, 0.6) is 0 Å². The topological polar surface area (TPSA) is 62.1 Å². The molecular weight excluding hydrogens is 192 g/mol. The summed E-state index contributed by atoms with van der Waals surface area (Å²) in [5.74, 6) is 0.700. The Bertz CT molecular complexity index is 262. The summed E-state index contributed by atoms with van der Waals surface area (Å²) in [7, 11) is 1.32. The predicted molar refractivity (Wildman–Crippen MR) is 56.1 cm³/mol. The molecule has 1 amide bonds. The van der Waals surface area contributed by atoms with Crippen LogP contribution in [0.2, 0.25) is 0 Å². The minimum Gasteiger partial charge on any atom is -0.453 e. The third kappa shape index (κ3) is 2.85. The van der Waals surface area contributed by atoms with E-state index in [0.717, 1.165) is 32.1 Å². The molecule has 0 saturated heterocycles. The standard InChI is InChI=1S/C11H18N2O2/c1-3-9-4-6-11(8-12,7-5-9)13-10(14)15-2/h9H,3-7H2,1-2H3,(H,13,14). The lowest BCUT2D eigenvalue weighted by atomic mass is 9.76. The molecule has 0 radical (unpaired) electrons. The molecule has 15 heavy (non-hydrogen) atoms. The van der Waals surface area contributed by atoms with E-state index in [1.54, 1.807) is 0 Å². The molecule has 1 aliphatic rings. The number of nitrogens with one attached hydrogen (secondary N) is 1. The zero-order valence-electron chi connectivity index (χ0n) is 9.38. The molecule has 4 heteroatoms. The minimum absolute atomic E-state index is 0.508. The molecule has 1 aliphatic carbocycles. The summed E-state index contributed by atoms with van der Waals surface area (Å²) in [5, 5.41) is 11.8. The van der Waals surface area contributed by atoms with Gasteiger partial charge in [0.05, 0.1) is 13.2 Å². The summed E-state index contributed by atoms with van der Waals surface area (Å²) in [6, 6.07) is 2.22. The van der Waals surface area contributed by atoms with Crippen LogP contribution >= 0.6 is 0 Å². The summed E-state index contributed by atoms with van der Waals surface area (Å²) in [4.78, 5) is 11.1. The van der Waals surface area contributed by atoms with Crippen LogP contribution in [-0.2, 0) is 4.74 Å². The van der Waals surface area contributed by atoms with Gasteiger partial charge in [0.15, 0.2) is 0 Å². The van der Waals surface area contributed by atoms with Crippen molar-refractivity contribution in [3.8, 4) is 6.07 Å². The van der Waals surface area contributed by atoms with Gasteiger partial charge in [-0.05, 0) is 31.6 Å². The van der Waals surface area contributed by atoms with E-state index in [1.165, 1.54) is 7.11 Å². The summed E-state index contributed by atoms with van der Waals surface area (Å²) in [6.45, 7) is 2.16. The van der Waals surface area contributed by atoms with Gasteiger partial charge >= 0.3 is 6.09 Å². The number of nitriles is 1. The first kappa shape index (κ1) is 11.8. The van der Waals surface area contributed by atoms with Crippen molar-refractivity contribution < 1.29 is 9.53 Å². The van der Waals surface area contributed by atoms with Gasteiger partial charge in [-0.2, -0.15) is 5.26 Å². The molecule has 0 aromatic carbocycles. The number of alkyl carbamates (subject to hydrolysis) is 1. The Hall–Kier alpha value is -1.24. The summed E-state index contributed by atoms with van der Waals surface area (Å²) >= 11 is 0. The maximum Gasteiger partial charge on any atom is 0.408 e. The lowest BCUT2D eigenvalue weighted by Crippen LogP contribution is -2.49. The molecule has 0 aromatic heterocycles. The lowest BCUT2D eigenvalue weighted by Gasteiger charge is -2.34. The number of carbonyl (C=O) groups excluding carboxylic acids is 1. The van der Waals surface area contributed by atoms with Crippen molar-refractivity contribution in [1.82, 2.24) is 5.32 Å². The Labute approximate surface area is 90.6 Å². The van der Waals surface area contributed by atoms with Crippen LogP contribution in [0.3, 0.4) is 0 Å². The molecule has 0 unspecified atom stereocenters. The Morgan fingerprint density at radius 3 is 2.60 bits per heavy atom. The molecule has 1 saturated carbocycles. The number of hydrogen-bond donors (Lipinski definition) is 1. The van der Waals surface area contributed by atoms with E-state index in [9.17, 15) is 4.79 Å². The Morgan fingerprint density at radius 2 is 2.20 bits per heavy atom. The summed E-state index contributed by atoms with van der Waals surface area (Å²) < 4.78 is 4.53. The third-order valence-electron chi connectivity index (χ3n) is 3.28. The molecule has 0 bridgehead atoms. The van der Waals surface area contributed by atoms with Gasteiger partial charge in [-0.3, -0.25) is 0 Å². The molecular formula is C11H18N2O2.